The third-order valence-electron chi connectivity index (χ3n) is 2.73. The fraction of sp³-hybridized carbons (Fsp3) is 0.231. The van der Waals surface area contributed by atoms with Crippen LogP contribution in [-0.4, -0.2) is 24.0 Å². The zero-order valence-corrected chi connectivity index (χ0v) is 9.85. The van der Waals surface area contributed by atoms with Crippen LogP contribution < -0.4 is 0 Å². The van der Waals surface area contributed by atoms with Crippen molar-refractivity contribution in [3.05, 3.63) is 34.4 Å². The first-order valence-corrected chi connectivity index (χ1v) is 5.39. The van der Waals surface area contributed by atoms with E-state index in [1.54, 1.807) is 13.8 Å². The number of ketones is 1. The Kier molecular flexibility index (Phi) is 2.82. The molecule has 1 aromatic carbocycles. The third kappa shape index (κ3) is 1.73. The molecule has 0 N–H and O–H groups in total. The molecule has 0 fully saturated rings. The molecule has 5 heteroatoms. The maximum absolute atomic E-state index is 11.9. The molecule has 18 heavy (non-hydrogen) atoms. The van der Waals surface area contributed by atoms with Crippen molar-refractivity contribution in [2.24, 2.45) is 5.92 Å². The van der Waals surface area contributed by atoms with Gasteiger partial charge in [0.05, 0.1) is 11.1 Å². The van der Waals surface area contributed by atoms with Gasteiger partial charge in [-0.3, -0.25) is 9.59 Å². The van der Waals surface area contributed by atoms with Crippen LogP contribution >= 0.6 is 0 Å². The maximum atomic E-state index is 11.9. The van der Waals surface area contributed by atoms with Gasteiger partial charge in [0.25, 0.3) is 0 Å². The molecule has 5 nitrogen and oxygen atoms in total. The molecule has 1 aromatic rings. The number of ether oxygens (including phenoxy) is 1. The summed E-state index contributed by atoms with van der Waals surface area (Å²) >= 11 is 0. The monoisotopic (exact) mass is 246 g/mol. The first kappa shape index (κ1) is 12.2. The zero-order chi connectivity index (χ0) is 13.4. The Morgan fingerprint density at radius 3 is 2.22 bits per heavy atom. The van der Waals surface area contributed by atoms with Gasteiger partial charge in [-0.25, -0.2) is 9.59 Å². The van der Waals surface area contributed by atoms with Gasteiger partial charge in [0.15, 0.2) is 12.1 Å². The second-order valence-corrected chi connectivity index (χ2v) is 4.30. The number of hydrogen-bond acceptors (Lipinski definition) is 5. The molecular weight excluding hydrogens is 236 g/mol. The summed E-state index contributed by atoms with van der Waals surface area (Å²) in [5.41, 5.74) is 0.307. The van der Waals surface area contributed by atoms with E-state index in [1.165, 1.54) is 12.1 Å². The molecular formula is C13H10O5. The van der Waals surface area contributed by atoms with E-state index < -0.39 is 11.9 Å². The first-order chi connectivity index (χ1) is 8.45. The van der Waals surface area contributed by atoms with Crippen molar-refractivity contribution in [1.82, 2.24) is 0 Å². The predicted molar refractivity (Wildman–Crippen MR) is 60.7 cm³/mol. The minimum atomic E-state index is -0.790. The Morgan fingerprint density at radius 2 is 1.72 bits per heavy atom. The number of benzene rings is 1. The normalized spacial score (nSPS) is 13.5. The van der Waals surface area contributed by atoms with Crippen LogP contribution in [0.4, 0.5) is 0 Å². The number of Topliss-reactive ketones (excluding diaryl/α,β-unsaturated/α-hetero) is 1. The van der Waals surface area contributed by atoms with Crippen molar-refractivity contribution in [2.75, 3.05) is 0 Å². The van der Waals surface area contributed by atoms with Crippen LogP contribution in [-0.2, 0) is 4.74 Å². The van der Waals surface area contributed by atoms with Crippen molar-refractivity contribution < 1.29 is 23.9 Å². The lowest BCUT2D eigenvalue weighted by Gasteiger charge is -2.07. The molecule has 0 spiro atoms. The minimum absolute atomic E-state index is 0.0300. The summed E-state index contributed by atoms with van der Waals surface area (Å²) in [6.07, 6.45) is 0.492. The molecule has 0 aromatic heterocycles. The fourth-order valence-electron chi connectivity index (χ4n) is 1.77. The third-order valence-corrected chi connectivity index (χ3v) is 2.73. The van der Waals surface area contributed by atoms with E-state index in [0.29, 0.717) is 6.29 Å². The lowest BCUT2D eigenvalue weighted by Crippen LogP contribution is -2.12. The number of hydrogen-bond donors (Lipinski definition) is 0. The average molecular weight is 246 g/mol. The van der Waals surface area contributed by atoms with Crippen molar-refractivity contribution >= 4 is 24.0 Å². The number of carbonyl (C=O) groups is 4. The topological polar surface area (TPSA) is 77.5 Å². The Hall–Kier alpha value is -2.30. The molecule has 1 heterocycles. The summed E-state index contributed by atoms with van der Waals surface area (Å²) in [4.78, 5) is 45.6. The number of fused-ring (bicyclic) bond motifs is 1. The fourth-order valence-corrected chi connectivity index (χ4v) is 1.77. The summed E-state index contributed by atoms with van der Waals surface area (Å²) in [5.74, 6) is -2.14. The number of carbonyl (C=O) groups excluding carboxylic acids is 4. The summed E-state index contributed by atoms with van der Waals surface area (Å²) in [6.45, 7) is 3.38. The van der Waals surface area contributed by atoms with E-state index in [2.05, 4.69) is 4.74 Å². The summed E-state index contributed by atoms with van der Waals surface area (Å²) < 4.78 is 4.42. The Balaban J connectivity index is 2.66. The second-order valence-electron chi connectivity index (χ2n) is 4.30. The molecule has 0 radical (unpaired) electrons. The van der Waals surface area contributed by atoms with Gasteiger partial charge in [-0.15, -0.1) is 0 Å². The van der Waals surface area contributed by atoms with E-state index in [1.807, 2.05) is 0 Å². The summed E-state index contributed by atoms with van der Waals surface area (Å²) in [6, 6.07) is 2.49. The highest BCUT2D eigenvalue weighted by Crippen LogP contribution is 2.25. The van der Waals surface area contributed by atoms with Crippen LogP contribution in [0.2, 0.25) is 0 Å². The predicted octanol–water partition coefficient (Wildman–Crippen LogP) is 1.65. The van der Waals surface area contributed by atoms with Crippen molar-refractivity contribution in [2.45, 2.75) is 13.8 Å². The van der Waals surface area contributed by atoms with Gasteiger partial charge in [-0.1, -0.05) is 13.8 Å². The zero-order valence-electron chi connectivity index (χ0n) is 9.85. The molecule has 0 bridgehead atoms. The second kappa shape index (κ2) is 4.18. The van der Waals surface area contributed by atoms with Gasteiger partial charge in [-0.2, -0.15) is 0 Å². The molecule has 0 unspecified atom stereocenters. The van der Waals surface area contributed by atoms with Crippen LogP contribution in [0, 0.1) is 5.92 Å². The smallest absolute Gasteiger partial charge is 0.346 e. The molecule has 1 aliphatic heterocycles. The van der Waals surface area contributed by atoms with Gasteiger partial charge in [-0.05, 0) is 12.1 Å². The molecule has 92 valence electrons. The largest absolute Gasteiger partial charge is 0.386 e. The summed E-state index contributed by atoms with van der Waals surface area (Å²) in [7, 11) is 0. The van der Waals surface area contributed by atoms with E-state index in [0.717, 1.165) is 0 Å². The van der Waals surface area contributed by atoms with E-state index in [-0.39, 0.29) is 34.0 Å². The number of rotatable bonds is 3. The van der Waals surface area contributed by atoms with Crippen LogP contribution in [0.3, 0.4) is 0 Å². The molecule has 0 aliphatic carbocycles. The van der Waals surface area contributed by atoms with Gasteiger partial charge < -0.3 is 4.74 Å². The first-order valence-electron chi connectivity index (χ1n) is 5.39. The van der Waals surface area contributed by atoms with E-state index in [4.69, 9.17) is 0 Å². The minimum Gasteiger partial charge on any atom is -0.386 e. The SMILES string of the molecule is CC(C)C(=O)c1cc2c(cc1C=O)C(=O)OC2=O. The van der Waals surface area contributed by atoms with Gasteiger partial charge in [0.1, 0.15) is 0 Å². The molecule has 0 saturated carbocycles. The highest BCUT2D eigenvalue weighted by Gasteiger charge is 2.32. The molecule has 0 saturated heterocycles. The van der Waals surface area contributed by atoms with E-state index >= 15 is 0 Å². The molecule has 0 atom stereocenters. The Morgan fingerprint density at radius 1 is 1.17 bits per heavy atom. The standard InChI is InChI=1S/C13H10O5/c1-6(2)11(15)8-4-10-9(3-7(8)5-14)12(16)18-13(10)17/h3-6H,1-2H3. The van der Waals surface area contributed by atoms with E-state index in [9.17, 15) is 19.2 Å². The van der Waals surface area contributed by atoms with Gasteiger partial charge >= 0.3 is 11.9 Å². The molecule has 2 rings (SSSR count). The maximum Gasteiger partial charge on any atom is 0.346 e. The van der Waals surface area contributed by atoms with Crippen molar-refractivity contribution in [1.29, 1.82) is 0 Å². The van der Waals surface area contributed by atoms with Gasteiger partial charge in [0.2, 0.25) is 0 Å². The van der Waals surface area contributed by atoms with Crippen LogP contribution in [0.5, 0.6) is 0 Å². The van der Waals surface area contributed by atoms with Gasteiger partial charge in [0, 0.05) is 17.0 Å². The van der Waals surface area contributed by atoms with Crippen LogP contribution in [0.25, 0.3) is 0 Å². The van der Waals surface area contributed by atoms with Crippen molar-refractivity contribution in [3.8, 4) is 0 Å². The average Bonchev–Trinajstić information content (AvgIpc) is 2.62. The lowest BCUT2D eigenvalue weighted by atomic mass is 9.93. The highest BCUT2D eigenvalue weighted by molar-refractivity contribution is 6.17. The Bertz CT molecular complexity index is 583. The van der Waals surface area contributed by atoms with Crippen LogP contribution in [0.1, 0.15) is 55.3 Å². The molecule has 1 aliphatic rings. The number of aldehydes is 1. The highest BCUT2D eigenvalue weighted by atomic mass is 16.6. The quantitative estimate of drug-likeness (QED) is 0.350. The number of cyclic esters (lactones) is 2. The van der Waals surface area contributed by atoms with Crippen molar-refractivity contribution in [3.63, 3.8) is 0 Å². The van der Waals surface area contributed by atoms with Crippen LogP contribution in [0.15, 0.2) is 12.1 Å². The number of esters is 2. The molecule has 0 amide bonds. The lowest BCUT2D eigenvalue weighted by molar-refractivity contribution is 0.0443. The summed E-state index contributed by atoms with van der Waals surface area (Å²) in [5, 5.41) is 0. The Labute approximate surface area is 103 Å².